The Hall–Kier alpha value is -1.71. The molecule has 0 aliphatic carbocycles. The molecule has 0 radical (unpaired) electrons. The van der Waals surface area contributed by atoms with Crippen molar-refractivity contribution in [2.45, 2.75) is 13.8 Å². The monoisotopic (exact) mass is 192 g/mol. The standard InChI is InChI=1S/C10H9FN2O/c1-6-10(11)9-5-8(7(2)14)3-4-13(9)12-6/h3-5H,1-2H3. The summed E-state index contributed by atoms with van der Waals surface area (Å²) >= 11 is 0. The van der Waals surface area contributed by atoms with Gasteiger partial charge in [0.25, 0.3) is 0 Å². The van der Waals surface area contributed by atoms with Gasteiger partial charge in [-0.15, -0.1) is 0 Å². The minimum absolute atomic E-state index is 0.0780. The van der Waals surface area contributed by atoms with E-state index in [0.29, 0.717) is 16.8 Å². The van der Waals surface area contributed by atoms with Crippen LogP contribution in [0.1, 0.15) is 23.0 Å². The number of ketones is 1. The topological polar surface area (TPSA) is 34.4 Å². The zero-order chi connectivity index (χ0) is 10.3. The molecule has 2 heterocycles. The van der Waals surface area contributed by atoms with E-state index in [1.807, 2.05) is 0 Å². The van der Waals surface area contributed by atoms with E-state index in [1.165, 1.54) is 17.5 Å². The first-order chi connectivity index (χ1) is 6.59. The maximum atomic E-state index is 13.4. The highest BCUT2D eigenvalue weighted by Gasteiger charge is 2.09. The third-order valence-corrected chi connectivity index (χ3v) is 2.14. The maximum Gasteiger partial charge on any atom is 0.171 e. The van der Waals surface area contributed by atoms with Gasteiger partial charge in [0.05, 0.1) is 5.69 Å². The molecule has 0 saturated carbocycles. The molecule has 3 nitrogen and oxygen atoms in total. The van der Waals surface area contributed by atoms with Crippen LogP contribution in [0.25, 0.3) is 5.52 Å². The number of carbonyl (C=O) groups is 1. The minimum Gasteiger partial charge on any atom is -0.295 e. The summed E-state index contributed by atoms with van der Waals surface area (Å²) in [5.41, 5.74) is 1.18. The highest BCUT2D eigenvalue weighted by atomic mass is 19.1. The van der Waals surface area contributed by atoms with Crippen LogP contribution < -0.4 is 0 Å². The summed E-state index contributed by atoms with van der Waals surface area (Å²) in [6.45, 7) is 3.04. The van der Waals surface area contributed by atoms with Gasteiger partial charge in [-0.3, -0.25) is 4.79 Å². The summed E-state index contributed by atoms with van der Waals surface area (Å²) in [6.07, 6.45) is 1.59. The molecule has 0 unspecified atom stereocenters. The summed E-state index contributed by atoms with van der Waals surface area (Å²) in [4.78, 5) is 11.1. The van der Waals surface area contributed by atoms with Gasteiger partial charge < -0.3 is 0 Å². The lowest BCUT2D eigenvalue weighted by atomic mass is 10.2. The zero-order valence-corrected chi connectivity index (χ0v) is 7.91. The van der Waals surface area contributed by atoms with Crippen molar-refractivity contribution in [3.63, 3.8) is 0 Å². The average molecular weight is 192 g/mol. The molecule has 2 aromatic rings. The number of rotatable bonds is 1. The van der Waals surface area contributed by atoms with Crippen LogP contribution in [0.3, 0.4) is 0 Å². The van der Waals surface area contributed by atoms with Gasteiger partial charge in [0.2, 0.25) is 0 Å². The molecule has 0 amide bonds. The summed E-state index contributed by atoms with van der Waals surface area (Å²) in [5.74, 6) is -0.446. The number of pyridine rings is 1. The highest BCUT2D eigenvalue weighted by Crippen LogP contribution is 2.14. The third kappa shape index (κ3) is 1.19. The Balaban J connectivity index is 2.76. The Labute approximate surface area is 80.2 Å². The van der Waals surface area contributed by atoms with E-state index in [9.17, 15) is 9.18 Å². The highest BCUT2D eigenvalue weighted by molar-refractivity contribution is 5.95. The predicted octanol–water partition coefficient (Wildman–Crippen LogP) is 1.98. The number of carbonyl (C=O) groups excluding carboxylic acids is 1. The molecule has 0 aromatic carbocycles. The quantitative estimate of drug-likeness (QED) is 0.647. The van der Waals surface area contributed by atoms with Gasteiger partial charge in [-0.25, -0.2) is 8.91 Å². The summed E-state index contributed by atoms with van der Waals surface area (Å²) < 4.78 is 14.8. The van der Waals surface area contributed by atoms with Gasteiger partial charge in [0, 0.05) is 11.8 Å². The number of aromatic nitrogens is 2. The van der Waals surface area contributed by atoms with Crippen LogP contribution in [0.5, 0.6) is 0 Å². The number of Topliss-reactive ketones (excluding diaryl/α,β-unsaturated/α-hetero) is 1. The van der Waals surface area contributed by atoms with Crippen molar-refractivity contribution in [1.29, 1.82) is 0 Å². The lowest BCUT2D eigenvalue weighted by Crippen LogP contribution is -1.94. The molecule has 72 valence electrons. The van der Waals surface area contributed by atoms with Crippen molar-refractivity contribution in [2.75, 3.05) is 0 Å². The summed E-state index contributed by atoms with van der Waals surface area (Å²) in [5, 5.41) is 3.94. The molecule has 0 aliphatic heterocycles. The first-order valence-electron chi connectivity index (χ1n) is 4.25. The van der Waals surface area contributed by atoms with Gasteiger partial charge in [-0.1, -0.05) is 0 Å². The predicted molar refractivity (Wildman–Crippen MR) is 49.9 cm³/mol. The number of aryl methyl sites for hydroxylation is 1. The molecule has 4 heteroatoms. The second-order valence-corrected chi connectivity index (χ2v) is 3.20. The van der Waals surface area contributed by atoms with Crippen LogP contribution in [0, 0.1) is 12.7 Å². The molecule has 0 saturated heterocycles. The molecule has 0 atom stereocenters. The molecule has 2 aromatic heterocycles. The van der Waals surface area contributed by atoms with Crippen LogP contribution in [0.4, 0.5) is 4.39 Å². The normalized spacial score (nSPS) is 10.8. The van der Waals surface area contributed by atoms with Crippen molar-refractivity contribution < 1.29 is 9.18 Å². The van der Waals surface area contributed by atoms with Crippen molar-refractivity contribution in [3.05, 3.63) is 35.4 Å². The molecule has 0 bridgehead atoms. The largest absolute Gasteiger partial charge is 0.295 e. The van der Waals surface area contributed by atoms with Crippen LogP contribution in [-0.2, 0) is 0 Å². The Morgan fingerprint density at radius 1 is 1.57 bits per heavy atom. The van der Waals surface area contributed by atoms with Gasteiger partial charge in [-0.05, 0) is 26.0 Å². The van der Waals surface area contributed by atoms with E-state index in [0.717, 1.165) is 0 Å². The van der Waals surface area contributed by atoms with Gasteiger partial charge >= 0.3 is 0 Å². The van der Waals surface area contributed by atoms with Crippen molar-refractivity contribution in [2.24, 2.45) is 0 Å². The Morgan fingerprint density at radius 3 is 2.93 bits per heavy atom. The molecule has 2 rings (SSSR count). The van der Waals surface area contributed by atoms with Crippen molar-refractivity contribution in [3.8, 4) is 0 Å². The Bertz CT molecular complexity index is 516. The Morgan fingerprint density at radius 2 is 2.29 bits per heavy atom. The van der Waals surface area contributed by atoms with Crippen LogP contribution in [0.15, 0.2) is 18.3 Å². The number of halogens is 1. The van der Waals surface area contributed by atoms with E-state index < -0.39 is 0 Å². The first-order valence-corrected chi connectivity index (χ1v) is 4.25. The van der Waals surface area contributed by atoms with Gasteiger partial charge in [0.1, 0.15) is 5.52 Å². The lowest BCUT2D eigenvalue weighted by molar-refractivity contribution is 0.101. The maximum absolute atomic E-state index is 13.4. The molecule has 14 heavy (non-hydrogen) atoms. The van der Waals surface area contributed by atoms with Gasteiger partial charge in [-0.2, -0.15) is 5.10 Å². The van der Waals surface area contributed by atoms with E-state index in [-0.39, 0.29) is 11.6 Å². The number of nitrogens with zero attached hydrogens (tertiary/aromatic N) is 2. The number of hydrogen-bond donors (Lipinski definition) is 0. The molecular weight excluding hydrogens is 183 g/mol. The molecule has 0 N–H and O–H groups in total. The average Bonchev–Trinajstić information content (AvgIpc) is 2.43. The fourth-order valence-electron chi connectivity index (χ4n) is 1.35. The van der Waals surface area contributed by atoms with Crippen molar-refractivity contribution in [1.82, 2.24) is 9.61 Å². The Kier molecular flexibility index (Phi) is 1.84. The van der Waals surface area contributed by atoms with Crippen LogP contribution >= 0.6 is 0 Å². The van der Waals surface area contributed by atoms with E-state index in [2.05, 4.69) is 5.10 Å². The van der Waals surface area contributed by atoms with Gasteiger partial charge in [0.15, 0.2) is 11.6 Å². The van der Waals surface area contributed by atoms with E-state index in [1.54, 1.807) is 19.2 Å². The number of fused-ring (bicyclic) bond motifs is 1. The van der Waals surface area contributed by atoms with Crippen LogP contribution in [0.2, 0.25) is 0 Å². The SMILES string of the molecule is CC(=O)c1ccn2nc(C)c(F)c2c1. The second-order valence-electron chi connectivity index (χ2n) is 3.20. The smallest absolute Gasteiger partial charge is 0.171 e. The summed E-state index contributed by atoms with van der Waals surface area (Å²) in [6, 6.07) is 3.14. The van der Waals surface area contributed by atoms with Crippen molar-refractivity contribution >= 4 is 11.3 Å². The zero-order valence-electron chi connectivity index (χ0n) is 7.91. The fraction of sp³-hybridized carbons (Fsp3) is 0.200. The third-order valence-electron chi connectivity index (χ3n) is 2.14. The van der Waals surface area contributed by atoms with E-state index in [4.69, 9.17) is 0 Å². The molecule has 0 spiro atoms. The number of hydrogen-bond acceptors (Lipinski definition) is 2. The molecule has 0 aliphatic rings. The molecule has 0 fully saturated rings. The van der Waals surface area contributed by atoms with Crippen LogP contribution in [-0.4, -0.2) is 15.4 Å². The lowest BCUT2D eigenvalue weighted by Gasteiger charge is -1.96. The second kappa shape index (κ2) is 2.90. The van der Waals surface area contributed by atoms with E-state index >= 15 is 0 Å². The summed E-state index contributed by atoms with van der Waals surface area (Å²) in [7, 11) is 0. The minimum atomic E-state index is -0.367. The molecular formula is C10H9FN2O. The first kappa shape index (κ1) is 8.87. The fourth-order valence-corrected chi connectivity index (χ4v) is 1.35.